The van der Waals surface area contributed by atoms with Gasteiger partial charge in [-0.15, -0.1) is 19.8 Å². The van der Waals surface area contributed by atoms with Gasteiger partial charge >= 0.3 is 6.36 Å². The molecule has 2 aliphatic rings. The summed E-state index contributed by atoms with van der Waals surface area (Å²) in [4.78, 5) is 0. The molecule has 1 nitrogen and oxygen atoms in total. The molecule has 4 rings (SSSR count). The summed E-state index contributed by atoms with van der Waals surface area (Å²) in [5.41, 5.74) is 6.44. The summed E-state index contributed by atoms with van der Waals surface area (Å²) in [7, 11) is 0. The lowest BCUT2D eigenvalue weighted by atomic mass is 9.73. The molecule has 0 unspecified atom stereocenters. The van der Waals surface area contributed by atoms with E-state index in [9.17, 15) is 17.6 Å². The van der Waals surface area contributed by atoms with Gasteiger partial charge < -0.3 is 4.74 Å². The highest BCUT2D eigenvalue weighted by Gasteiger charge is 2.33. The summed E-state index contributed by atoms with van der Waals surface area (Å²) in [6.45, 7) is 3.82. The molecule has 0 aromatic heterocycles. The predicted octanol–water partition coefficient (Wildman–Crippen LogP) is 7.07. The van der Waals surface area contributed by atoms with E-state index >= 15 is 0 Å². The maximum absolute atomic E-state index is 14.2. The molecule has 0 fully saturated rings. The molecule has 2 atom stereocenters. The summed E-state index contributed by atoms with van der Waals surface area (Å²) in [6, 6.07) is 8.29. The van der Waals surface area contributed by atoms with Crippen LogP contribution in [0, 0.1) is 11.7 Å². The monoisotopic (exact) mass is 418 g/mol. The zero-order chi connectivity index (χ0) is 21.3. The third-order valence-corrected chi connectivity index (χ3v) is 6.58. The summed E-state index contributed by atoms with van der Waals surface area (Å²) in [5, 5.41) is 0. The summed E-state index contributed by atoms with van der Waals surface area (Å²) in [6.07, 6.45) is 5.43. The topological polar surface area (TPSA) is 9.23 Å². The van der Waals surface area contributed by atoms with Gasteiger partial charge in [0.15, 0.2) is 11.6 Å². The standard InChI is InChI=1S/C25H26F4O/c1-2-3-4-16-5-10-21-19(13-16)6-7-20-14-17(8-11-22(20)21)18-9-12-24(23(26)15-18)30-25(27,28)29/h2,6-7,9,12,15-17H,1,3-5,8,10-11,13-14H2/t16-,17-/m0/s1. The zero-order valence-corrected chi connectivity index (χ0v) is 16.9. The Morgan fingerprint density at radius 2 is 1.70 bits per heavy atom. The van der Waals surface area contributed by atoms with Crippen molar-refractivity contribution >= 4 is 0 Å². The molecule has 0 spiro atoms. The quantitative estimate of drug-likeness (QED) is 0.373. The molecular weight excluding hydrogens is 392 g/mol. The van der Waals surface area contributed by atoms with Gasteiger partial charge in [-0.05, 0) is 103 Å². The van der Waals surface area contributed by atoms with Crippen molar-refractivity contribution in [3.8, 4) is 5.75 Å². The van der Waals surface area contributed by atoms with E-state index in [1.807, 2.05) is 6.08 Å². The van der Waals surface area contributed by atoms with Crippen molar-refractivity contribution in [3.05, 3.63) is 76.6 Å². The Kier molecular flexibility index (Phi) is 5.90. The fourth-order valence-corrected chi connectivity index (χ4v) is 5.11. The van der Waals surface area contributed by atoms with Crippen molar-refractivity contribution in [2.45, 2.75) is 63.6 Å². The number of rotatable bonds is 5. The lowest BCUT2D eigenvalue weighted by molar-refractivity contribution is -0.275. The summed E-state index contributed by atoms with van der Waals surface area (Å²) >= 11 is 0. The molecule has 30 heavy (non-hydrogen) atoms. The van der Waals surface area contributed by atoms with Crippen LogP contribution in [0.5, 0.6) is 5.75 Å². The van der Waals surface area contributed by atoms with Crippen LogP contribution in [0.1, 0.15) is 59.4 Å². The Bertz CT molecular complexity index is 931. The van der Waals surface area contributed by atoms with Crippen LogP contribution in [-0.2, 0) is 25.7 Å². The maximum atomic E-state index is 14.2. The molecule has 0 heterocycles. The van der Waals surface area contributed by atoms with E-state index in [1.165, 1.54) is 41.2 Å². The first-order chi connectivity index (χ1) is 14.3. The molecule has 2 aromatic carbocycles. The van der Waals surface area contributed by atoms with Gasteiger partial charge in [0.05, 0.1) is 0 Å². The highest BCUT2D eigenvalue weighted by atomic mass is 19.4. The summed E-state index contributed by atoms with van der Waals surface area (Å²) in [5.74, 6) is -0.909. The van der Waals surface area contributed by atoms with Gasteiger partial charge in [0.25, 0.3) is 0 Å². The van der Waals surface area contributed by atoms with Gasteiger partial charge in [0.2, 0.25) is 0 Å². The summed E-state index contributed by atoms with van der Waals surface area (Å²) < 4.78 is 55.0. The number of halogens is 4. The van der Waals surface area contributed by atoms with Crippen LogP contribution in [0.3, 0.4) is 0 Å². The Balaban J connectivity index is 1.50. The zero-order valence-electron chi connectivity index (χ0n) is 16.9. The van der Waals surface area contributed by atoms with E-state index in [2.05, 4.69) is 23.4 Å². The van der Waals surface area contributed by atoms with E-state index in [4.69, 9.17) is 0 Å². The third kappa shape index (κ3) is 4.55. The molecule has 0 aliphatic heterocycles. The van der Waals surface area contributed by atoms with Gasteiger partial charge in [-0.25, -0.2) is 4.39 Å². The minimum absolute atomic E-state index is 0.105. The van der Waals surface area contributed by atoms with Crippen LogP contribution in [0.4, 0.5) is 17.6 Å². The minimum atomic E-state index is -4.89. The van der Waals surface area contributed by atoms with Crippen molar-refractivity contribution in [3.63, 3.8) is 0 Å². The van der Waals surface area contributed by atoms with Crippen LogP contribution in [0.25, 0.3) is 0 Å². The normalized spacial score (nSPS) is 20.9. The number of alkyl halides is 3. The molecule has 0 bridgehead atoms. The first kappa shape index (κ1) is 21.0. The fourth-order valence-electron chi connectivity index (χ4n) is 5.11. The highest BCUT2D eigenvalue weighted by molar-refractivity contribution is 5.46. The van der Waals surface area contributed by atoms with Gasteiger partial charge in [0, 0.05) is 0 Å². The second-order valence-electron chi connectivity index (χ2n) is 8.49. The van der Waals surface area contributed by atoms with Crippen molar-refractivity contribution in [2.75, 3.05) is 0 Å². The van der Waals surface area contributed by atoms with Crippen LogP contribution in [0.15, 0.2) is 43.0 Å². The van der Waals surface area contributed by atoms with Crippen LogP contribution >= 0.6 is 0 Å². The number of fused-ring (bicyclic) bond motifs is 3. The van der Waals surface area contributed by atoms with E-state index in [0.29, 0.717) is 0 Å². The van der Waals surface area contributed by atoms with E-state index in [-0.39, 0.29) is 5.92 Å². The number of benzene rings is 2. The first-order valence-corrected chi connectivity index (χ1v) is 10.6. The second-order valence-corrected chi connectivity index (χ2v) is 8.49. The second kappa shape index (κ2) is 8.44. The molecule has 0 saturated heterocycles. The van der Waals surface area contributed by atoms with E-state index in [1.54, 1.807) is 6.07 Å². The molecule has 2 aromatic rings. The highest BCUT2D eigenvalue weighted by Crippen LogP contribution is 2.39. The molecule has 0 amide bonds. The minimum Gasteiger partial charge on any atom is -0.403 e. The van der Waals surface area contributed by atoms with Crippen LogP contribution in [-0.4, -0.2) is 6.36 Å². The molecule has 0 radical (unpaired) electrons. The number of ether oxygens (including phenoxy) is 1. The van der Waals surface area contributed by atoms with Gasteiger partial charge in [0.1, 0.15) is 0 Å². The average molecular weight is 418 g/mol. The Labute approximate surface area is 174 Å². The van der Waals surface area contributed by atoms with E-state index in [0.717, 1.165) is 56.1 Å². The van der Waals surface area contributed by atoms with Crippen molar-refractivity contribution in [1.29, 1.82) is 0 Å². The van der Waals surface area contributed by atoms with E-state index < -0.39 is 17.9 Å². The Morgan fingerprint density at radius 1 is 1.00 bits per heavy atom. The number of hydrogen-bond donors (Lipinski definition) is 0. The van der Waals surface area contributed by atoms with Crippen LogP contribution < -0.4 is 4.74 Å². The number of hydrogen-bond acceptors (Lipinski definition) is 1. The average Bonchev–Trinajstić information content (AvgIpc) is 2.72. The Morgan fingerprint density at radius 3 is 2.37 bits per heavy atom. The van der Waals surface area contributed by atoms with Gasteiger partial charge in [-0.3, -0.25) is 0 Å². The van der Waals surface area contributed by atoms with Crippen molar-refractivity contribution < 1.29 is 22.3 Å². The predicted molar refractivity (Wildman–Crippen MR) is 109 cm³/mol. The first-order valence-electron chi connectivity index (χ1n) is 10.6. The van der Waals surface area contributed by atoms with Gasteiger partial charge in [-0.2, -0.15) is 0 Å². The SMILES string of the molecule is C=CCC[C@H]1CCc2c(ccc3c2CC[C@H](c2ccc(OC(F)(F)F)c(F)c2)C3)C1. The maximum Gasteiger partial charge on any atom is 0.573 e. The Hall–Kier alpha value is -2.30. The fraction of sp³-hybridized carbons (Fsp3) is 0.440. The molecule has 0 N–H and O–H groups in total. The third-order valence-electron chi connectivity index (χ3n) is 6.58. The lowest BCUT2D eigenvalue weighted by Crippen LogP contribution is -2.21. The molecule has 2 aliphatic carbocycles. The molecule has 0 saturated carbocycles. The smallest absolute Gasteiger partial charge is 0.403 e. The molecular formula is C25H26F4O. The number of allylic oxidation sites excluding steroid dienone is 1. The molecule has 160 valence electrons. The molecule has 5 heteroatoms. The van der Waals surface area contributed by atoms with Crippen molar-refractivity contribution in [2.24, 2.45) is 5.92 Å². The van der Waals surface area contributed by atoms with Crippen molar-refractivity contribution in [1.82, 2.24) is 0 Å². The van der Waals surface area contributed by atoms with Crippen LogP contribution in [0.2, 0.25) is 0 Å². The van der Waals surface area contributed by atoms with Gasteiger partial charge in [-0.1, -0.05) is 24.3 Å². The lowest BCUT2D eigenvalue weighted by Gasteiger charge is -2.32. The largest absolute Gasteiger partial charge is 0.573 e.